The van der Waals surface area contributed by atoms with Crippen molar-refractivity contribution < 1.29 is 14.0 Å². The van der Waals surface area contributed by atoms with Crippen LogP contribution in [0.4, 0.5) is 0 Å². The predicted molar refractivity (Wildman–Crippen MR) is 119 cm³/mol. The lowest BCUT2D eigenvalue weighted by Gasteiger charge is -2.12. The van der Waals surface area contributed by atoms with Crippen LogP contribution in [-0.4, -0.2) is 12.1 Å². The van der Waals surface area contributed by atoms with Crippen molar-refractivity contribution in [3.63, 3.8) is 0 Å². The van der Waals surface area contributed by atoms with Gasteiger partial charge in [-0.15, -0.1) is 0 Å². The third-order valence-electron chi connectivity index (χ3n) is 5.32. The van der Waals surface area contributed by atoms with Crippen molar-refractivity contribution in [2.75, 3.05) is 0 Å². The van der Waals surface area contributed by atoms with E-state index in [0.717, 1.165) is 39.0 Å². The minimum Gasteiger partial charge on any atom is -0.461 e. The summed E-state index contributed by atoms with van der Waals surface area (Å²) in [6, 6.07) is 24.6. The molecule has 0 unspecified atom stereocenters. The van der Waals surface area contributed by atoms with E-state index in [1.54, 1.807) is 18.2 Å². The molecule has 0 aliphatic carbocycles. The molecule has 0 atom stereocenters. The first-order chi connectivity index (χ1) is 14.7. The summed E-state index contributed by atoms with van der Waals surface area (Å²) < 4.78 is 5.23. The molecule has 0 aliphatic rings. The Morgan fingerprint density at radius 1 is 0.833 bits per heavy atom. The lowest BCUT2D eigenvalue weighted by Crippen LogP contribution is -2.04. The average Bonchev–Trinajstić information content (AvgIpc) is 3.31. The molecular formula is C26H15ClO3. The van der Waals surface area contributed by atoms with Crippen molar-refractivity contribution in [3.05, 3.63) is 107 Å². The van der Waals surface area contributed by atoms with E-state index in [-0.39, 0.29) is 11.5 Å². The number of aldehydes is 1. The molecule has 144 valence electrons. The van der Waals surface area contributed by atoms with Crippen molar-refractivity contribution in [2.24, 2.45) is 0 Å². The fourth-order valence-electron chi connectivity index (χ4n) is 3.87. The molecule has 3 nitrogen and oxygen atoms in total. The summed E-state index contributed by atoms with van der Waals surface area (Å²) in [6.45, 7) is 0. The second-order valence-electron chi connectivity index (χ2n) is 7.06. The maximum Gasteiger partial charge on any atom is 0.228 e. The van der Waals surface area contributed by atoms with Crippen LogP contribution >= 0.6 is 11.6 Å². The molecule has 30 heavy (non-hydrogen) atoms. The fourth-order valence-corrected chi connectivity index (χ4v) is 3.99. The number of furan rings is 1. The van der Waals surface area contributed by atoms with Crippen molar-refractivity contribution in [2.45, 2.75) is 0 Å². The number of rotatable bonds is 4. The van der Waals surface area contributed by atoms with Gasteiger partial charge in [-0.3, -0.25) is 9.59 Å². The molecule has 5 rings (SSSR count). The highest BCUT2D eigenvalue weighted by Crippen LogP contribution is 2.34. The molecule has 0 radical (unpaired) electrons. The van der Waals surface area contributed by atoms with E-state index in [0.29, 0.717) is 16.1 Å². The second-order valence-corrected chi connectivity index (χ2v) is 7.49. The number of carbonyl (C=O) groups is 2. The van der Waals surface area contributed by atoms with Crippen LogP contribution in [-0.2, 0) is 0 Å². The van der Waals surface area contributed by atoms with Crippen LogP contribution in [0.15, 0.2) is 89.5 Å². The fraction of sp³-hybridized carbons (Fsp3) is 0. The first-order valence-electron chi connectivity index (χ1n) is 9.44. The Balaban J connectivity index is 1.74. The molecule has 4 heteroatoms. The molecule has 4 aromatic carbocycles. The van der Waals surface area contributed by atoms with Crippen molar-refractivity contribution in [1.82, 2.24) is 0 Å². The standard InChI is InChI=1S/C26H15ClO3/c27-19-9-6-16(7-10-19)20-4-1-3-17-13-23-18(14-22(17)20)8-11-21(24(23)15-28)26(29)25-5-2-12-30-25/h1-15H. The molecule has 5 aromatic rings. The SMILES string of the molecule is O=Cc1c(C(=O)c2ccco2)ccc2cc3c(-c4ccc(Cl)cc4)cccc3cc12. The summed E-state index contributed by atoms with van der Waals surface area (Å²) in [6.07, 6.45) is 2.19. The first kappa shape index (κ1) is 18.3. The van der Waals surface area contributed by atoms with Gasteiger partial charge < -0.3 is 4.42 Å². The van der Waals surface area contributed by atoms with Gasteiger partial charge in [0.25, 0.3) is 0 Å². The van der Waals surface area contributed by atoms with E-state index in [4.69, 9.17) is 16.0 Å². The van der Waals surface area contributed by atoms with Gasteiger partial charge in [0.1, 0.15) is 0 Å². The number of fused-ring (bicyclic) bond motifs is 2. The highest BCUT2D eigenvalue weighted by atomic mass is 35.5. The van der Waals surface area contributed by atoms with Gasteiger partial charge in [0.05, 0.1) is 6.26 Å². The van der Waals surface area contributed by atoms with E-state index < -0.39 is 0 Å². The summed E-state index contributed by atoms with van der Waals surface area (Å²) in [5.41, 5.74) is 2.84. The number of benzene rings is 4. The molecule has 0 fully saturated rings. The average molecular weight is 411 g/mol. The second kappa shape index (κ2) is 7.29. The number of halogens is 1. The van der Waals surface area contributed by atoms with Crippen LogP contribution in [0.25, 0.3) is 32.7 Å². The number of hydrogen-bond donors (Lipinski definition) is 0. The van der Waals surface area contributed by atoms with Crippen LogP contribution in [0.2, 0.25) is 5.02 Å². The summed E-state index contributed by atoms with van der Waals surface area (Å²) in [5.74, 6) is -0.0951. The topological polar surface area (TPSA) is 47.3 Å². The zero-order chi connectivity index (χ0) is 20.7. The Morgan fingerprint density at radius 3 is 2.33 bits per heavy atom. The highest BCUT2D eigenvalue weighted by Gasteiger charge is 2.18. The summed E-state index contributed by atoms with van der Waals surface area (Å²) in [7, 11) is 0. The van der Waals surface area contributed by atoms with E-state index in [1.165, 1.54) is 6.26 Å². The third kappa shape index (κ3) is 3.00. The predicted octanol–water partition coefficient (Wildman–Crippen LogP) is 6.95. The Labute approximate surface area is 177 Å². The molecular weight excluding hydrogens is 396 g/mol. The molecule has 0 aliphatic heterocycles. The van der Waals surface area contributed by atoms with Gasteiger partial charge in [-0.1, -0.05) is 48.0 Å². The number of ketones is 1. The molecule has 0 spiro atoms. The lowest BCUT2D eigenvalue weighted by molar-refractivity contribution is 0.100. The first-order valence-corrected chi connectivity index (χ1v) is 9.82. The number of hydrogen-bond acceptors (Lipinski definition) is 3. The monoisotopic (exact) mass is 410 g/mol. The van der Waals surface area contributed by atoms with Gasteiger partial charge in [-0.25, -0.2) is 0 Å². The molecule has 0 bridgehead atoms. The summed E-state index contributed by atoms with van der Waals surface area (Å²) in [4.78, 5) is 24.8. The Kier molecular flexibility index (Phi) is 4.46. The van der Waals surface area contributed by atoms with Crippen LogP contribution in [0, 0.1) is 0 Å². The van der Waals surface area contributed by atoms with Crippen molar-refractivity contribution in [3.8, 4) is 11.1 Å². The summed E-state index contributed by atoms with van der Waals surface area (Å²) >= 11 is 6.04. The van der Waals surface area contributed by atoms with E-state index >= 15 is 0 Å². The van der Waals surface area contributed by atoms with Crippen LogP contribution in [0.1, 0.15) is 26.5 Å². The minimum atomic E-state index is -0.306. The molecule has 0 saturated heterocycles. The molecule has 0 N–H and O–H groups in total. The number of carbonyl (C=O) groups excluding carboxylic acids is 2. The minimum absolute atomic E-state index is 0.211. The Bertz CT molecular complexity index is 1410. The lowest BCUT2D eigenvalue weighted by atomic mass is 9.91. The van der Waals surface area contributed by atoms with Crippen LogP contribution in [0.3, 0.4) is 0 Å². The zero-order valence-corrected chi connectivity index (χ0v) is 16.5. The molecule has 1 heterocycles. The molecule has 0 amide bonds. The maximum atomic E-state index is 12.8. The zero-order valence-electron chi connectivity index (χ0n) is 15.8. The normalized spacial score (nSPS) is 11.1. The van der Waals surface area contributed by atoms with Crippen LogP contribution < -0.4 is 0 Å². The largest absolute Gasteiger partial charge is 0.461 e. The molecule has 0 saturated carbocycles. The van der Waals surface area contributed by atoms with Gasteiger partial charge in [-0.2, -0.15) is 0 Å². The van der Waals surface area contributed by atoms with Gasteiger partial charge in [0.2, 0.25) is 5.78 Å². The van der Waals surface area contributed by atoms with Crippen molar-refractivity contribution >= 4 is 45.2 Å². The Hall–Kier alpha value is -3.69. The Morgan fingerprint density at radius 2 is 1.60 bits per heavy atom. The molecule has 1 aromatic heterocycles. The maximum absolute atomic E-state index is 12.8. The third-order valence-corrected chi connectivity index (χ3v) is 5.58. The van der Waals surface area contributed by atoms with Gasteiger partial charge in [0, 0.05) is 16.1 Å². The summed E-state index contributed by atoms with van der Waals surface area (Å²) in [5, 5.41) is 4.37. The van der Waals surface area contributed by atoms with E-state index in [2.05, 4.69) is 12.1 Å². The van der Waals surface area contributed by atoms with Gasteiger partial charge >= 0.3 is 0 Å². The van der Waals surface area contributed by atoms with E-state index in [1.807, 2.05) is 48.5 Å². The van der Waals surface area contributed by atoms with E-state index in [9.17, 15) is 9.59 Å². The highest BCUT2D eigenvalue weighted by molar-refractivity contribution is 6.30. The van der Waals surface area contributed by atoms with Crippen LogP contribution in [0.5, 0.6) is 0 Å². The van der Waals surface area contributed by atoms with Gasteiger partial charge in [-0.05, 0) is 75.1 Å². The van der Waals surface area contributed by atoms with Crippen molar-refractivity contribution in [1.29, 1.82) is 0 Å². The quantitative estimate of drug-likeness (QED) is 0.183. The smallest absolute Gasteiger partial charge is 0.228 e. The van der Waals surface area contributed by atoms with Gasteiger partial charge in [0.15, 0.2) is 12.0 Å².